The minimum atomic E-state index is -0.316. The number of hydrogen-bond acceptors (Lipinski definition) is 3. The third-order valence-electron chi connectivity index (χ3n) is 2.19. The van der Waals surface area contributed by atoms with Crippen LogP contribution in [0.3, 0.4) is 0 Å². The number of ether oxygens (including phenoxy) is 1. The summed E-state index contributed by atoms with van der Waals surface area (Å²) in [6.45, 7) is 2.12. The molecule has 0 radical (unpaired) electrons. The van der Waals surface area contributed by atoms with Gasteiger partial charge in [-0.3, -0.25) is 4.79 Å². The van der Waals surface area contributed by atoms with E-state index in [9.17, 15) is 4.79 Å². The van der Waals surface area contributed by atoms with E-state index in [0.29, 0.717) is 28.0 Å². The minimum Gasteiger partial charge on any atom is -0.466 e. The monoisotopic (exact) mass is 272 g/mol. The molecule has 0 aliphatic heterocycles. The number of imidazole rings is 1. The number of hydrogen-bond donors (Lipinski definition) is 1. The van der Waals surface area contributed by atoms with Gasteiger partial charge in [-0.1, -0.05) is 23.2 Å². The van der Waals surface area contributed by atoms with Gasteiger partial charge in [-0.25, -0.2) is 4.98 Å². The van der Waals surface area contributed by atoms with Crippen LogP contribution >= 0.6 is 23.2 Å². The zero-order valence-corrected chi connectivity index (χ0v) is 10.6. The molecule has 2 rings (SSSR count). The molecule has 1 aromatic carbocycles. The van der Waals surface area contributed by atoms with E-state index in [1.807, 2.05) is 0 Å². The molecule has 4 nitrogen and oxygen atoms in total. The molecule has 17 heavy (non-hydrogen) atoms. The summed E-state index contributed by atoms with van der Waals surface area (Å²) in [7, 11) is 0. The Morgan fingerprint density at radius 2 is 2.12 bits per heavy atom. The molecule has 0 bridgehead atoms. The molecule has 0 saturated heterocycles. The van der Waals surface area contributed by atoms with Crippen LogP contribution in [0.25, 0.3) is 11.0 Å². The second-order valence-corrected chi connectivity index (χ2v) is 4.26. The average molecular weight is 273 g/mol. The van der Waals surface area contributed by atoms with Crippen LogP contribution in [0, 0.1) is 0 Å². The average Bonchev–Trinajstić information content (AvgIpc) is 2.60. The largest absolute Gasteiger partial charge is 0.466 e. The molecule has 2 aromatic rings. The van der Waals surface area contributed by atoms with Crippen LogP contribution in [0.1, 0.15) is 12.7 Å². The Kier molecular flexibility index (Phi) is 3.54. The highest BCUT2D eigenvalue weighted by Crippen LogP contribution is 2.26. The SMILES string of the molecule is CCOC(=O)Cc1nc2cc(Cl)c(Cl)cc2[nH]1. The highest BCUT2D eigenvalue weighted by atomic mass is 35.5. The number of esters is 1. The number of H-pyrrole nitrogens is 1. The van der Waals surface area contributed by atoms with E-state index >= 15 is 0 Å². The summed E-state index contributed by atoms with van der Waals surface area (Å²) in [5.74, 6) is 0.223. The van der Waals surface area contributed by atoms with Gasteiger partial charge in [0.05, 0.1) is 27.7 Å². The van der Waals surface area contributed by atoms with Crippen LogP contribution in [0.2, 0.25) is 10.0 Å². The molecule has 90 valence electrons. The first-order chi connectivity index (χ1) is 8.10. The maximum atomic E-state index is 11.3. The van der Waals surface area contributed by atoms with Gasteiger partial charge in [0.2, 0.25) is 0 Å². The van der Waals surface area contributed by atoms with Crippen molar-refractivity contribution in [3.8, 4) is 0 Å². The standard InChI is InChI=1S/C11H10Cl2N2O2/c1-2-17-11(16)5-10-14-8-3-6(12)7(13)4-9(8)15-10/h3-4H,2,5H2,1H3,(H,14,15). The normalized spacial score (nSPS) is 10.8. The van der Waals surface area contributed by atoms with Crippen LogP contribution in [-0.4, -0.2) is 22.5 Å². The van der Waals surface area contributed by atoms with Crippen molar-refractivity contribution in [1.29, 1.82) is 0 Å². The quantitative estimate of drug-likeness (QED) is 0.874. The topological polar surface area (TPSA) is 55.0 Å². The van der Waals surface area contributed by atoms with E-state index in [4.69, 9.17) is 27.9 Å². The van der Waals surface area contributed by atoms with Crippen molar-refractivity contribution < 1.29 is 9.53 Å². The maximum Gasteiger partial charge on any atom is 0.313 e. The first-order valence-corrected chi connectivity index (χ1v) is 5.85. The molecule has 0 spiro atoms. The number of nitrogens with one attached hydrogen (secondary N) is 1. The van der Waals surface area contributed by atoms with E-state index in [0.717, 1.165) is 5.52 Å². The molecular formula is C11H10Cl2N2O2. The first-order valence-electron chi connectivity index (χ1n) is 5.09. The Labute approximate surface area is 108 Å². The van der Waals surface area contributed by atoms with Crippen LogP contribution < -0.4 is 0 Å². The number of halogens is 2. The highest BCUT2D eigenvalue weighted by molar-refractivity contribution is 6.42. The van der Waals surface area contributed by atoms with Gasteiger partial charge in [0.1, 0.15) is 12.2 Å². The minimum absolute atomic E-state index is 0.109. The van der Waals surface area contributed by atoms with Crippen molar-refractivity contribution in [3.63, 3.8) is 0 Å². The van der Waals surface area contributed by atoms with Crippen LogP contribution in [0.15, 0.2) is 12.1 Å². The van der Waals surface area contributed by atoms with Crippen LogP contribution in [-0.2, 0) is 16.0 Å². The smallest absolute Gasteiger partial charge is 0.313 e. The summed E-state index contributed by atoms with van der Waals surface area (Å²) in [6.07, 6.45) is 0.109. The molecule has 0 saturated carbocycles. The number of aromatic amines is 1. The number of carbonyl (C=O) groups is 1. The lowest BCUT2D eigenvalue weighted by Crippen LogP contribution is -2.08. The van der Waals surface area contributed by atoms with Crippen molar-refractivity contribution in [2.75, 3.05) is 6.61 Å². The zero-order valence-electron chi connectivity index (χ0n) is 9.09. The van der Waals surface area contributed by atoms with Crippen molar-refractivity contribution in [2.45, 2.75) is 13.3 Å². The number of carbonyl (C=O) groups excluding carboxylic acids is 1. The summed E-state index contributed by atoms with van der Waals surface area (Å²) >= 11 is 11.8. The molecule has 0 unspecified atom stereocenters. The Bertz CT molecular complexity index is 527. The summed E-state index contributed by atoms with van der Waals surface area (Å²) in [6, 6.07) is 3.34. The number of fused-ring (bicyclic) bond motifs is 1. The van der Waals surface area contributed by atoms with E-state index in [1.54, 1.807) is 19.1 Å². The lowest BCUT2D eigenvalue weighted by molar-refractivity contribution is -0.142. The zero-order chi connectivity index (χ0) is 12.4. The van der Waals surface area contributed by atoms with E-state index in [-0.39, 0.29) is 12.4 Å². The van der Waals surface area contributed by atoms with Crippen molar-refractivity contribution in [2.24, 2.45) is 0 Å². The number of nitrogens with zero attached hydrogens (tertiary/aromatic N) is 1. The summed E-state index contributed by atoms with van der Waals surface area (Å²) < 4.78 is 4.84. The lowest BCUT2D eigenvalue weighted by atomic mass is 10.3. The van der Waals surface area contributed by atoms with Gasteiger partial charge < -0.3 is 9.72 Å². The van der Waals surface area contributed by atoms with Gasteiger partial charge in [0, 0.05) is 0 Å². The van der Waals surface area contributed by atoms with Gasteiger partial charge in [-0.05, 0) is 19.1 Å². The van der Waals surface area contributed by atoms with Crippen molar-refractivity contribution >= 4 is 40.2 Å². The van der Waals surface area contributed by atoms with Gasteiger partial charge in [-0.15, -0.1) is 0 Å². The summed E-state index contributed by atoms with van der Waals surface area (Å²) in [4.78, 5) is 18.5. The number of benzene rings is 1. The lowest BCUT2D eigenvalue weighted by Gasteiger charge is -1.97. The van der Waals surface area contributed by atoms with E-state index in [1.165, 1.54) is 0 Å². The third-order valence-corrected chi connectivity index (χ3v) is 2.91. The molecule has 0 aliphatic rings. The molecule has 6 heteroatoms. The Balaban J connectivity index is 2.29. The fourth-order valence-electron chi connectivity index (χ4n) is 1.49. The molecule has 1 heterocycles. The van der Waals surface area contributed by atoms with Gasteiger partial charge in [0.25, 0.3) is 0 Å². The number of rotatable bonds is 3. The van der Waals surface area contributed by atoms with Crippen LogP contribution in [0.4, 0.5) is 0 Å². The summed E-state index contributed by atoms with van der Waals surface area (Å²) in [5.41, 5.74) is 1.43. The fourth-order valence-corrected chi connectivity index (χ4v) is 1.81. The first kappa shape index (κ1) is 12.2. The molecule has 0 amide bonds. The molecule has 1 N–H and O–H groups in total. The molecule has 1 aromatic heterocycles. The fraction of sp³-hybridized carbons (Fsp3) is 0.273. The third kappa shape index (κ3) is 2.70. The van der Waals surface area contributed by atoms with Gasteiger partial charge >= 0.3 is 5.97 Å². The molecule has 0 atom stereocenters. The number of aromatic nitrogens is 2. The molecule has 0 fully saturated rings. The maximum absolute atomic E-state index is 11.3. The van der Waals surface area contributed by atoms with Crippen molar-refractivity contribution in [3.05, 3.63) is 28.0 Å². The van der Waals surface area contributed by atoms with Crippen molar-refractivity contribution in [1.82, 2.24) is 9.97 Å². The van der Waals surface area contributed by atoms with Gasteiger partial charge in [0.15, 0.2) is 0 Å². The summed E-state index contributed by atoms with van der Waals surface area (Å²) in [5, 5.41) is 0.888. The second-order valence-electron chi connectivity index (χ2n) is 3.45. The Hall–Kier alpha value is -1.26. The predicted molar refractivity (Wildman–Crippen MR) is 66.5 cm³/mol. The second kappa shape index (κ2) is 4.94. The van der Waals surface area contributed by atoms with E-state index < -0.39 is 0 Å². The predicted octanol–water partition coefficient (Wildman–Crippen LogP) is 2.98. The molecule has 0 aliphatic carbocycles. The Morgan fingerprint density at radius 3 is 2.82 bits per heavy atom. The van der Waals surface area contributed by atoms with E-state index in [2.05, 4.69) is 9.97 Å². The van der Waals surface area contributed by atoms with Gasteiger partial charge in [-0.2, -0.15) is 0 Å². The molecular weight excluding hydrogens is 263 g/mol. The Morgan fingerprint density at radius 1 is 1.41 bits per heavy atom. The highest BCUT2D eigenvalue weighted by Gasteiger charge is 2.10. The van der Waals surface area contributed by atoms with Crippen LogP contribution in [0.5, 0.6) is 0 Å².